The fraction of sp³-hybridized carbons (Fsp3) is 0.158. The van der Waals surface area contributed by atoms with Crippen LogP contribution in [0.5, 0.6) is 0 Å². The predicted octanol–water partition coefficient (Wildman–Crippen LogP) is 3.90. The number of nitrogens with one attached hydrogen (secondary N) is 1. The Morgan fingerprint density at radius 1 is 1.00 bits per heavy atom. The molecule has 0 aromatic heterocycles. The van der Waals surface area contributed by atoms with Crippen LogP contribution in [-0.2, 0) is 10.0 Å². The van der Waals surface area contributed by atoms with Crippen LogP contribution in [0.4, 0.5) is 0 Å². The fourth-order valence-corrected chi connectivity index (χ4v) is 4.09. The van der Waals surface area contributed by atoms with Gasteiger partial charge in [-0.05, 0) is 41.0 Å². The summed E-state index contributed by atoms with van der Waals surface area (Å²) in [6.07, 6.45) is -0.485. The van der Waals surface area contributed by atoms with E-state index in [0.29, 0.717) is 5.02 Å². The molecule has 0 amide bonds. The number of fused-ring (bicyclic) bond motifs is 1. The molecular weight excluding hydrogens is 358 g/mol. The van der Waals surface area contributed by atoms with Crippen LogP contribution >= 0.6 is 11.6 Å². The van der Waals surface area contributed by atoms with Gasteiger partial charge in [0, 0.05) is 11.6 Å². The molecule has 0 aliphatic carbocycles. The molecule has 2 N–H and O–H groups in total. The van der Waals surface area contributed by atoms with Gasteiger partial charge in [0.1, 0.15) is 0 Å². The number of benzene rings is 3. The van der Waals surface area contributed by atoms with Gasteiger partial charge >= 0.3 is 0 Å². The second-order valence-electron chi connectivity index (χ2n) is 5.73. The lowest BCUT2D eigenvalue weighted by atomic mass is 9.99. The Morgan fingerprint density at radius 2 is 1.72 bits per heavy atom. The van der Waals surface area contributed by atoms with Crippen LogP contribution in [-0.4, -0.2) is 20.1 Å². The summed E-state index contributed by atoms with van der Waals surface area (Å²) in [4.78, 5) is 0.111. The summed E-state index contributed by atoms with van der Waals surface area (Å²) >= 11 is 5.84. The van der Waals surface area contributed by atoms with Crippen LogP contribution in [0.3, 0.4) is 0 Å². The summed E-state index contributed by atoms with van der Waals surface area (Å²) in [5, 5.41) is 12.8. The number of sulfonamides is 1. The molecular formula is C19H18ClNO3S. The molecule has 0 saturated carbocycles. The molecule has 6 heteroatoms. The standard InChI is InChI=1S/C19H18ClNO3S/c20-15-7-4-8-16(13-15)25(23,24)21-12-11-19(22)18-10-3-6-14-5-1-2-9-17(14)18/h1-10,13,19,21-22H,11-12H2. The zero-order valence-corrected chi connectivity index (χ0v) is 15.0. The molecule has 130 valence electrons. The fourth-order valence-electron chi connectivity index (χ4n) is 2.74. The minimum atomic E-state index is -3.65. The molecule has 4 nitrogen and oxygen atoms in total. The van der Waals surface area contributed by atoms with Gasteiger partial charge in [0.15, 0.2) is 0 Å². The average Bonchev–Trinajstić information content (AvgIpc) is 2.61. The summed E-state index contributed by atoms with van der Waals surface area (Å²) in [7, 11) is -3.65. The van der Waals surface area contributed by atoms with E-state index in [4.69, 9.17) is 11.6 Å². The van der Waals surface area contributed by atoms with Gasteiger partial charge in [0.2, 0.25) is 10.0 Å². The first-order valence-corrected chi connectivity index (χ1v) is 9.74. The second kappa shape index (κ2) is 7.54. The summed E-state index contributed by atoms with van der Waals surface area (Å²) < 4.78 is 27.0. The van der Waals surface area contributed by atoms with Crippen molar-refractivity contribution in [1.82, 2.24) is 4.72 Å². The normalized spacial score (nSPS) is 13.0. The number of rotatable bonds is 6. The van der Waals surface area contributed by atoms with Gasteiger partial charge in [0.05, 0.1) is 11.0 Å². The molecule has 3 rings (SSSR count). The number of halogens is 1. The molecule has 0 radical (unpaired) electrons. The third-order valence-electron chi connectivity index (χ3n) is 4.00. The molecule has 0 aliphatic heterocycles. The van der Waals surface area contributed by atoms with Crippen molar-refractivity contribution >= 4 is 32.4 Å². The largest absolute Gasteiger partial charge is 0.388 e. The maximum absolute atomic E-state index is 12.3. The van der Waals surface area contributed by atoms with Crippen molar-refractivity contribution in [2.45, 2.75) is 17.4 Å². The number of hydrogen-bond donors (Lipinski definition) is 2. The lowest BCUT2D eigenvalue weighted by Crippen LogP contribution is -2.26. The molecule has 3 aromatic carbocycles. The van der Waals surface area contributed by atoms with Crippen LogP contribution < -0.4 is 4.72 Å². The van der Waals surface area contributed by atoms with Crippen molar-refractivity contribution in [3.8, 4) is 0 Å². The molecule has 1 atom stereocenters. The van der Waals surface area contributed by atoms with E-state index in [1.165, 1.54) is 12.1 Å². The van der Waals surface area contributed by atoms with Gasteiger partial charge in [-0.25, -0.2) is 13.1 Å². The number of aliphatic hydroxyl groups excluding tert-OH is 1. The van der Waals surface area contributed by atoms with E-state index < -0.39 is 16.1 Å². The summed E-state index contributed by atoms with van der Waals surface area (Å²) in [5.74, 6) is 0. The Morgan fingerprint density at radius 3 is 2.52 bits per heavy atom. The zero-order valence-electron chi connectivity index (χ0n) is 13.4. The number of hydrogen-bond acceptors (Lipinski definition) is 3. The number of aliphatic hydroxyl groups is 1. The average molecular weight is 376 g/mol. The van der Waals surface area contributed by atoms with Crippen LogP contribution in [0, 0.1) is 0 Å². The maximum atomic E-state index is 12.3. The molecule has 0 saturated heterocycles. The molecule has 25 heavy (non-hydrogen) atoms. The van der Waals surface area contributed by atoms with E-state index >= 15 is 0 Å². The molecule has 0 bridgehead atoms. The molecule has 0 aliphatic rings. The second-order valence-corrected chi connectivity index (χ2v) is 7.93. The Bertz CT molecular complexity index is 983. The Hall–Kier alpha value is -1.92. The summed E-state index contributed by atoms with van der Waals surface area (Å²) in [6.45, 7) is 0.124. The monoisotopic (exact) mass is 375 g/mol. The lowest BCUT2D eigenvalue weighted by Gasteiger charge is -2.14. The predicted molar refractivity (Wildman–Crippen MR) is 100 cm³/mol. The van der Waals surface area contributed by atoms with Gasteiger partial charge in [-0.1, -0.05) is 60.1 Å². The smallest absolute Gasteiger partial charge is 0.240 e. The molecule has 3 aromatic rings. The highest BCUT2D eigenvalue weighted by Crippen LogP contribution is 2.26. The van der Waals surface area contributed by atoms with Gasteiger partial charge in [0.25, 0.3) is 0 Å². The van der Waals surface area contributed by atoms with Crippen molar-refractivity contribution in [3.05, 3.63) is 77.3 Å². The highest BCUT2D eigenvalue weighted by molar-refractivity contribution is 7.89. The van der Waals surface area contributed by atoms with E-state index in [0.717, 1.165) is 16.3 Å². The van der Waals surface area contributed by atoms with E-state index in [1.807, 2.05) is 42.5 Å². The van der Waals surface area contributed by atoms with Crippen molar-refractivity contribution in [3.63, 3.8) is 0 Å². The Labute approximate surface area is 152 Å². The first-order valence-electron chi connectivity index (χ1n) is 7.88. The van der Waals surface area contributed by atoms with Crippen LogP contribution in [0.2, 0.25) is 5.02 Å². The highest BCUT2D eigenvalue weighted by atomic mass is 35.5. The molecule has 0 fully saturated rings. The first kappa shape index (κ1) is 17.9. The van der Waals surface area contributed by atoms with Crippen LogP contribution in [0.15, 0.2) is 71.6 Å². The van der Waals surface area contributed by atoms with E-state index in [1.54, 1.807) is 12.1 Å². The van der Waals surface area contributed by atoms with E-state index in [9.17, 15) is 13.5 Å². The van der Waals surface area contributed by atoms with Gasteiger partial charge in [-0.15, -0.1) is 0 Å². The third kappa shape index (κ3) is 4.19. The maximum Gasteiger partial charge on any atom is 0.240 e. The summed E-state index contributed by atoms with van der Waals surface area (Å²) in [5.41, 5.74) is 0.792. The van der Waals surface area contributed by atoms with Gasteiger partial charge in [-0.2, -0.15) is 0 Å². The van der Waals surface area contributed by atoms with Crippen LogP contribution in [0.1, 0.15) is 18.1 Å². The lowest BCUT2D eigenvalue weighted by molar-refractivity contribution is 0.170. The van der Waals surface area contributed by atoms with Gasteiger partial charge in [-0.3, -0.25) is 0 Å². The Kier molecular flexibility index (Phi) is 5.39. The minimum absolute atomic E-state index is 0.111. The van der Waals surface area contributed by atoms with E-state index in [2.05, 4.69) is 4.72 Å². The zero-order chi connectivity index (χ0) is 17.9. The molecule has 1 unspecified atom stereocenters. The van der Waals surface area contributed by atoms with Gasteiger partial charge < -0.3 is 5.11 Å². The SMILES string of the molecule is O=S(=O)(NCCC(O)c1cccc2ccccc12)c1cccc(Cl)c1. The Balaban J connectivity index is 1.69. The highest BCUT2D eigenvalue weighted by Gasteiger charge is 2.16. The van der Waals surface area contributed by atoms with Crippen molar-refractivity contribution in [1.29, 1.82) is 0 Å². The van der Waals surface area contributed by atoms with Crippen molar-refractivity contribution in [2.75, 3.05) is 6.54 Å². The first-order chi connectivity index (χ1) is 12.0. The summed E-state index contributed by atoms with van der Waals surface area (Å²) in [6, 6.07) is 19.6. The van der Waals surface area contributed by atoms with E-state index in [-0.39, 0.29) is 17.9 Å². The van der Waals surface area contributed by atoms with Crippen LogP contribution in [0.25, 0.3) is 10.8 Å². The third-order valence-corrected chi connectivity index (χ3v) is 5.69. The molecule has 0 spiro atoms. The topological polar surface area (TPSA) is 66.4 Å². The van der Waals surface area contributed by atoms with Crippen molar-refractivity contribution in [2.24, 2.45) is 0 Å². The quantitative estimate of drug-likeness (QED) is 0.686. The van der Waals surface area contributed by atoms with Crippen molar-refractivity contribution < 1.29 is 13.5 Å². The minimum Gasteiger partial charge on any atom is -0.388 e. The molecule has 0 heterocycles.